The van der Waals surface area contributed by atoms with Crippen molar-refractivity contribution in [2.24, 2.45) is 0 Å². The van der Waals surface area contributed by atoms with Gasteiger partial charge in [-0.25, -0.2) is 4.39 Å². The van der Waals surface area contributed by atoms with E-state index < -0.39 is 5.97 Å². The Kier molecular flexibility index (Phi) is 9.65. The number of carboxylic acids is 1. The Morgan fingerprint density at radius 3 is 2.35 bits per heavy atom. The van der Waals surface area contributed by atoms with Crippen LogP contribution in [0.2, 0.25) is 0 Å². The lowest BCUT2D eigenvalue weighted by Crippen LogP contribution is -2.34. The second-order valence-electron chi connectivity index (χ2n) is 6.98. The van der Waals surface area contributed by atoms with E-state index in [2.05, 4.69) is 0 Å². The van der Waals surface area contributed by atoms with Gasteiger partial charge in [-0.2, -0.15) is 0 Å². The molecule has 0 aliphatic rings. The standard InChI is InChI=1S/C23H28FNO5S/c1-16-20(29-2)13-18(14-21(16)30-3)23(28)25(10-11-31-15-22(26)27)9-5-7-17-6-4-8-19(24)12-17/h4,6,8,12-14H,5,7,9-11,15H2,1-3H3,(H,26,27). The highest BCUT2D eigenvalue weighted by atomic mass is 32.2. The summed E-state index contributed by atoms with van der Waals surface area (Å²) in [5.74, 6) is 0.240. The largest absolute Gasteiger partial charge is 0.496 e. The molecule has 2 rings (SSSR count). The van der Waals surface area contributed by atoms with Crippen molar-refractivity contribution < 1.29 is 28.6 Å². The summed E-state index contributed by atoms with van der Waals surface area (Å²) >= 11 is 1.26. The SMILES string of the molecule is COc1cc(C(=O)N(CCCc2cccc(F)c2)CCSCC(=O)O)cc(OC)c1C. The number of carbonyl (C=O) groups is 2. The first-order valence-corrected chi connectivity index (χ1v) is 11.1. The maximum atomic E-state index is 13.4. The normalized spacial score (nSPS) is 10.6. The van der Waals surface area contributed by atoms with Crippen LogP contribution in [0.15, 0.2) is 36.4 Å². The van der Waals surface area contributed by atoms with Crippen LogP contribution < -0.4 is 9.47 Å². The average molecular weight is 450 g/mol. The van der Waals surface area contributed by atoms with Gasteiger partial charge in [-0.05, 0) is 49.6 Å². The van der Waals surface area contributed by atoms with Crippen LogP contribution in [0.25, 0.3) is 0 Å². The van der Waals surface area contributed by atoms with E-state index in [-0.39, 0.29) is 17.5 Å². The lowest BCUT2D eigenvalue weighted by Gasteiger charge is -2.23. The fourth-order valence-corrected chi connectivity index (χ4v) is 3.88. The number of amides is 1. The van der Waals surface area contributed by atoms with E-state index in [1.165, 1.54) is 38.1 Å². The minimum absolute atomic E-state index is 0.0164. The van der Waals surface area contributed by atoms with Crippen molar-refractivity contribution in [3.05, 3.63) is 58.9 Å². The van der Waals surface area contributed by atoms with E-state index in [9.17, 15) is 14.0 Å². The van der Waals surface area contributed by atoms with Crippen LogP contribution in [0.1, 0.15) is 27.9 Å². The quantitative estimate of drug-likeness (QED) is 0.493. The third-order valence-corrected chi connectivity index (χ3v) is 5.72. The molecule has 0 spiro atoms. The van der Waals surface area contributed by atoms with Crippen LogP contribution in [-0.2, 0) is 11.2 Å². The summed E-state index contributed by atoms with van der Waals surface area (Å²) in [5.41, 5.74) is 2.11. The molecule has 0 aliphatic heterocycles. The molecular formula is C23H28FNO5S. The molecule has 1 N–H and O–H groups in total. The Hall–Kier alpha value is -2.74. The van der Waals surface area contributed by atoms with Crippen molar-refractivity contribution in [2.45, 2.75) is 19.8 Å². The minimum Gasteiger partial charge on any atom is -0.496 e. The summed E-state index contributed by atoms with van der Waals surface area (Å²) in [6.45, 7) is 2.71. The number of methoxy groups -OCH3 is 2. The number of ether oxygens (including phenoxy) is 2. The van der Waals surface area contributed by atoms with E-state index >= 15 is 0 Å². The van der Waals surface area contributed by atoms with Gasteiger partial charge in [-0.1, -0.05) is 12.1 Å². The van der Waals surface area contributed by atoms with Crippen LogP contribution in [-0.4, -0.2) is 60.7 Å². The molecule has 0 aliphatic carbocycles. The molecule has 0 bridgehead atoms. The third-order valence-electron chi connectivity index (χ3n) is 4.80. The Morgan fingerprint density at radius 1 is 1.10 bits per heavy atom. The molecule has 2 aromatic rings. The number of halogens is 1. The molecule has 0 heterocycles. The second kappa shape index (κ2) is 12.2. The first-order chi connectivity index (χ1) is 14.8. The highest BCUT2D eigenvalue weighted by Crippen LogP contribution is 2.30. The predicted octanol–water partition coefficient (Wildman–Crippen LogP) is 4.04. The van der Waals surface area contributed by atoms with E-state index in [4.69, 9.17) is 14.6 Å². The van der Waals surface area contributed by atoms with Crippen molar-refractivity contribution in [2.75, 3.05) is 38.8 Å². The van der Waals surface area contributed by atoms with Crippen molar-refractivity contribution in [1.82, 2.24) is 4.90 Å². The molecular weight excluding hydrogens is 421 g/mol. The molecule has 8 heteroatoms. The van der Waals surface area contributed by atoms with Crippen LogP contribution >= 0.6 is 11.8 Å². The van der Waals surface area contributed by atoms with E-state index in [1.807, 2.05) is 13.0 Å². The monoisotopic (exact) mass is 449 g/mol. The number of nitrogens with zero attached hydrogens (tertiary/aromatic N) is 1. The summed E-state index contributed by atoms with van der Waals surface area (Å²) in [6.07, 6.45) is 1.28. The Morgan fingerprint density at radius 2 is 1.77 bits per heavy atom. The van der Waals surface area contributed by atoms with Gasteiger partial charge in [0.25, 0.3) is 5.91 Å². The molecule has 168 valence electrons. The number of benzene rings is 2. The molecule has 31 heavy (non-hydrogen) atoms. The van der Waals surface area contributed by atoms with Crippen molar-refractivity contribution in [1.29, 1.82) is 0 Å². The van der Waals surface area contributed by atoms with Gasteiger partial charge in [0, 0.05) is 30.0 Å². The summed E-state index contributed by atoms with van der Waals surface area (Å²) in [7, 11) is 3.07. The highest BCUT2D eigenvalue weighted by molar-refractivity contribution is 7.99. The number of hydrogen-bond donors (Lipinski definition) is 1. The fraction of sp³-hybridized carbons (Fsp3) is 0.391. The molecule has 6 nitrogen and oxygen atoms in total. The fourth-order valence-electron chi connectivity index (χ4n) is 3.21. The average Bonchev–Trinajstić information content (AvgIpc) is 2.75. The molecule has 1 amide bonds. The second-order valence-corrected chi connectivity index (χ2v) is 8.08. The third kappa shape index (κ3) is 7.47. The minimum atomic E-state index is -0.887. The van der Waals surface area contributed by atoms with Gasteiger partial charge in [0.15, 0.2) is 0 Å². The lowest BCUT2D eigenvalue weighted by molar-refractivity contribution is -0.133. The van der Waals surface area contributed by atoms with Gasteiger partial charge in [0.2, 0.25) is 0 Å². The molecule has 0 fully saturated rings. The molecule has 2 aromatic carbocycles. The number of hydrogen-bond acceptors (Lipinski definition) is 5. The van der Waals surface area contributed by atoms with Gasteiger partial charge < -0.3 is 19.5 Å². The van der Waals surface area contributed by atoms with Gasteiger partial charge in [-0.3, -0.25) is 9.59 Å². The van der Waals surface area contributed by atoms with E-state index in [0.717, 1.165) is 11.1 Å². The van der Waals surface area contributed by atoms with Crippen molar-refractivity contribution >= 4 is 23.6 Å². The van der Waals surface area contributed by atoms with Gasteiger partial charge >= 0.3 is 5.97 Å². The molecule has 0 saturated carbocycles. The highest BCUT2D eigenvalue weighted by Gasteiger charge is 2.19. The number of carbonyl (C=O) groups excluding carboxylic acids is 1. The predicted molar refractivity (Wildman–Crippen MR) is 120 cm³/mol. The van der Waals surface area contributed by atoms with Crippen molar-refractivity contribution in [3.8, 4) is 11.5 Å². The van der Waals surface area contributed by atoms with Crippen LogP contribution in [0, 0.1) is 12.7 Å². The van der Waals surface area contributed by atoms with Gasteiger partial charge in [0.05, 0.1) is 20.0 Å². The summed E-state index contributed by atoms with van der Waals surface area (Å²) in [6, 6.07) is 9.78. The number of rotatable bonds is 12. The van der Waals surface area contributed by atoms with E-state index in [1.54, 1.807) is 23.1 Å². The zero-order valence-electron chi connectivity index (χ0n) is 18.0. The Labute approximate surface area is 186 Å². The maximum Gasteiger partial charge on any atom is 0.313 e. The topological polar surface area (TPSA) is 76.1 Å². The van der Waals surface area contributed by atoms with Crippen molar-refractivity contribution in [3.63, 3.8) is 0 Å². The lowest BCUT2D eigenvalue weighted by atomic mass is 10.1. The summed E-state index contributed by atoms with van der Waals surface area (Å²) in [5, 5.41) is 8.84. The molecule has 0 saturated heterocycles. The first kappa shape index (κ1) is 24.5. The smallest absolute Gasteiger partial charge is 0.313 e. The molecule has 0 aromatic heterocycles. The number of aliphatic carboxylic acids is 1. The van der Waals surface area contributed by atoms with Crippen LogP contribution in [0.3, 0.4) is 0 Å². The van der Waals surface area contributed by atoms with Crippen LogP contribution in [0.5, 0.6) is 11.5 Å². The molecule has 0 radical (unpaired) electrons. The van der Waals surface area contributed by atoms with Crippen LogP contribution in [0.4, 0.5) is 4.39 Å². The maximum absolute atomic E-state index is 13.4. The Balaban J connectivity index is 2.14. The van der Waals surface area contributed by atoms with E-state index in [0.29, 0.717) is 48.7 Å². The molecule has 0 atom stereocenters. The Bertz CT molecular complexity index is 880. The number of carboxylic acid groups (broad SMARTS) is 1. The summed E-state index contributed by atoms with van der Waals surface area (Å²) < 4.78 is 24.2. The first-order valence-electron chi connectivity index (χ1n) is 9.91. The zero-order chi connectivity index (χ0) is 22.8. The van der Waals surface area contributed by atoms with Gasteiger partial charge in [0.1, 0.15) is 17.3 Å². The molecule has 0 unspecified atom stereocenters. The summed E-state index contributed by atoms with van der Waals surface area (Å²) in [4.78, 5) is 25.7. The van der Waals surface area contributed by atoms with Gasteiger partial charge in [-0.15, -0.1) is 11.8 Å². The zero-order valence-corrected chi connectivity index (χ0v) is 18.8. The number of thioether (sulfide) groups is 1. The number of aryl methyl sites for hydroxylation is 1.